The van der Waals surface area contributed by atoms with Crippen molar-refractivity contribution in [1.82, 2.24) is 20.0 Å². The molecule has 0 aliphatic carbocycles. The molecule has 35 heavy (non-hydrogen) atoms. The number of ether oxygens (including phenoxy) is 1. The third-order valence-corrected chi connectivity index (χ3v) is 7.22. The molecule has 4 aliphatic heterocycles. The summed E-state index contributed by atoms with van der Waals surface area (Å²) >= 11 is 0. The van der Waals surface area contributed by atoms with Gasteiger partial charge in [-0.25, -0.2) is 4.79 Å². The van der Waals surface area contributed by atoms with Crippen molar-refractivity contribution >= 4 is 29.5 Å². The van der Waals surface area contributed by atoms with E-state index in [2.05, 4.69) is 15.1 Å². The maximum atomic E-state index is 13.0. The van der Waals surface area contributed by atoms with E-state index < -0.39 is 17.6 Å². The average Bonchev–Trinajstić information content (AvgIpc) is 3.12. The van der Waals surface area contributed by atoms with Crippen LogP contribution in [-0.2, 0) is 20.9 Å². The molecule has 1 unspecified atom stereocenters. The zero-order chi connectivity index (χ0) is 24.9. The average molecular weight is 484 g/mol. The number of amides is 4. The van der Waals surface area contributed by atoms with E-state index in [0.717, 1.165) is 37.4 Å². The Bertz CT molecular complexity index is 1070. The molecule has 0 saturated carbocycles. The van der Waals surface area contributed by atoms with Gasteiger partial charge in [0.2, 0.25) is 11.8 Å². The number of nitrogens with zero attached hydrogens (tertiary/aromatic N) is 4. The highest BCUT2D eigenvalue weighted by Crippen LogP contribution is 2.31. The third-order valence-electron chi connectivity index (χ3n) is 7.22. The number of piperidine rings is 1. The number of hydrogen-bond donors (Lipinski definition) is 1. The molecule has 10 heteroatoms. The smallest absolute Gasteiger partial charge is 0.410 e. The highest BCUT2D eigenvalue weighted by molar-refractivity contribution is 6.05. The summed E-state index contributed by atoms with van der Waals surface area (Å²) in [5, 5.41) is 2.35. The number of piperazine rings is 2. The molecule has 4 amide bonds. The Morgan fingerprint density at radius 3 is 2.57 bits per heavy atom. The topological polar surface area (TPSA) is 102 Å². The molecule has 4 heterocycles. The Labute approximate surface area is 205 Å². The first-order valence-electron chi connectivity index (χ1n) is 12.3. The second-order valence-electron chi connectivity index (χ2n) is 10.8. The van der Waals surface area contributed by atoms with E-state index in [4.69, 9.17) is 4.74 Å². The van der Waals surface area contributed by atoms with Gasteiger partial charge in [0.05, 0.1) is 0 Å². The van der Waals surface area contributed by atoms with Crippen LogP contribution < -0.4 is 10.2 Å². The number of rotatable bonds is 2. The summed E-state index contributed by atoms with van der Waals surface area (Å²) in [6, 6.07) is 5.46. The van der Waals surface area contributed by atoms with Gasteiger partial charge in [-0.1, -0.05) is 0 Å². The summed E-state index contributed by atoms with van der Waals surface area (Å²) in [7, 11) is 0. The van der Waals surface area contributed by atoms with Gasteiger partial charge >= 0.3 is 6.09 Å². The number of imide groups is 1. The lowest BCUT2D eigenvalue weighted by Gasteiger charge is -2.47. The van der Waals surface area contributed by atoms with Crippen molar-refractivity contribution < 1.29 is 23.9 Å². The zero-order valence-corrected chi connectivity index (χ0v) is 20.6. The molecule has 188 valence electrons. The molecule has 0 bridgehead atoms. The lowest BCUT2D eigenvalue weighted by Crippen LogP contribution is -2.63. The van der Waals surface area contributed by atoms with E-state index in [1.807, 2.05) is 39.0 Å². The third kappa shape index (κ3) is 4.71. The van der Waals surface area contributed by atoms with Crippen LogP contribution in [0.5, 0.6) is 0 Å². The minimum absolute atomic E-state index is 0.161. The van der Waals surface area contributed by atoms with E-state index in [1.165, 1.54) is 0 Å². The first-order valence-corrected chi connectivity index (χ1v) is 12.3. The van der Waals surface area contributed by atoms with Crippen molar-refractivity contribution in [1.29, 1.82) is 0 Å². The molecule has 3 fully saturated rings. The van der Waals surface area contributed by atoms with Gasteiger partial charge in [-0.05, 0) is 51.0 Å². The normalized spacial score (nSPS) is 25.3. The van der Waals surface area contributed by atoms with Crippen LogP contribution in [0.1, 0.15) is 49.5 Å². The second-order valence-corrected chi connectivity index (χ2v) is 10.8. The summed E-state index contributed by atoms with van der Waals surface area (Å²) in [5.41, 5.74) is 2.04. The van der Waals surface area contributed by atoms with Crippen molar-refractivity contribution in [3.63, 3.8) is 0 Å². The Balaban J connectivity index is 1.26. The Morgan fingerprint density at radius 1 is 1.06 bits per heavy atom. The molecule has 3 saturated heterocycles. The second kappa shape index (κ2) is 8.82. The van der Waals surface area contributed by atoms with Gasteiger partial charge in [-0.3, -0.25) is 24.6 Å². The highest BCUT2D eigenvalue weighted by atomic mass is 16.6. The van der Waals surface area contributed by atoms with Gasteiger partial charge in [0, 0.05) is 69.5 Å². The molecule has 1 aromatic carbocycles. The number of fused-ring (bicyclic) bond motifs is 2. The molecule has 5 rings (SSSR count). The SMILES string of the molecule is CC(C)(C)OC(=O)N1CCN2CCN(c3ccc4c(c3)CN(C3CCC(=O)NC3=O)C4=O)C[C@@H]2C1. The molecule has 0 spiro atoms. The molecule has 4 aliphatic rings. The quantitative estimate of drug-likeness (QED) is 0.631. The van der Waals surface area contributed by atoms with Crippen LogP contribution in [0.2, 0.25) is 0 Å². The molecular weight excluding hydrogens is 450 g/mol. The first kappa shape index (κ1) is 23.6. The number of hydrogen-bond acceptors (Lipinski definition) is 7. The maximum Gasteiger partial charge on any atom is 0.410 e. The van der Waals surface area contributed by atoms with Crippen LogP contribution in [0.4, 0.5) is 10.5 Å². The van der Waals surface area contributed by atoms with E-state index in [1.54, 1.807) is 9.80 Å². The maximum absolute atomic E-state index is 13.0. The lowest BCUT2D eigenvalue weighted by atomic mass is 10.0. The van der Waals surface area contributed by atoms with Crippen LogP contribution in [0.25, 0.3) is 0 Å². The van der Waals surface area contributed by atoms with Crippen molar-refractivity contribution in [2.75, 3.05) is 44.2 Å². The lowest BCUT2D eigenvalue weighted by molar-refractivity contribution is -0.136. The molecule has 1 N–H and O–H groups in total. The number of benzene rings is 1. The fraction of sp³-hybridized carbons (Fsp3) is 0.600. The van der Waals surface area contributed by atoms with Crippen molar-refractivity contribution in [3.05, 3.63) is 29.3 Å². The van der Waals surface area contributed by atoms with Gasteiger partial charge in [-0.2, -0.15) is 0 Å². The molecule has 0 aromatic heterocycles. The molecule has 1 aromatic rings. The minimum Gasteiger partial charge on any atom is -0.444 e. The summed E-state index contributed by atoms with van der Waals surface area (Å²) in [5.74, 6) is -0.846. The Morgan fingerprint density at radius 2 is 1.83 bits per heavy atom. The van der Waals surface area contributed by atoms with E-state index >= 15 is 0 Å². The van der Waals surface area contributed by atoms with Crippen LogP contribution >= 0.6 is 0 Å². The van der Waals surface area contributed by atoms with Gasteiger partial charge in [0.1, 0.15) is 11.6 Å². The zero-order valence-electron chi connectivity index (χ0n) is 20.6. The largest absolute Gasteiger partial charge is 0.444 e. The first-order chi connectivity index (χ1) is 16.6. The van der Waals surface area contributed by atoms with Crippen LogP contribution in [-0.4, -0.2) is 95.5 Å². The molecule has 10 nitrogen and oxygen atoms in total. The van der Waals surface area contributed by atoms with E-state index in [0.29, 0.717) is 31.6 Å². The van der Waals surface area contributed by atoms with Crippen molar-refractivity contribution in [3.8, 4) is 0 Å². The van der Waals surface area contributed by atoms with Crippen molar-refractivity contribution in [2.45, 2.75) is 57.8 Å². The fourth-order valence-electron chi connectivity index (χ4n) is 5.44. The van der Waals surface area contributed by atoms with Gasteiger partial charge in [0.25, 0.3) is 5.91 Å². The molecule has 2 atom stereocenters. The van der Waals surface area contributed by atoms with Crippen molar-refractivity contribution in [2.24, 2.45) is 0 Å². The Hall–Kier alpha value is -3.14. The number of nitrogens with one attached hydrogen (secondary N) is 1. The monoisotopic (exact) mass is 483 g/mol. The summed E-state index contributed by atoms with van der Waals surface area (Å²) in [6.07, 6.45) is 0.335. The number of carbonyl (C=O) groups is 4. The minimum atomic E-state index is -0.610. The molecule has 0 radical (unpaired) electrons. The highest BCUT2D eigenvalue weighted by Gasteiger charge is 2.40. The predicted octanol–water partition coefficient (Wildman–Crippen LogP) is 1.19. The summed E-state index contributed by atoms with van der Waals surface area (Å²) in [4.78, 5) is 57.5. The van der Waals surface area contributed by atoms with E-state index in [-0.39, 0.29) is 30.4 Å². The predicted molar refractivity (Wildman–Crippen MR) is 128 cm³/mol. The summed E-state index contributed by atoms with van der Waals surface area (Å²) in [6.45, 7) is 10.7. The van der Waals surface area contributed by atoms with Crippen LogP contribution in [0, 0.1) is 0 Å². The standard InChI is InChI=1S/C25H33N5O5/c1-25(2,3)35-24(34)29-11-9-27-8-10-28(14-18(27)15-29)17-4-5-19-16(12-17)13-30(23(19)33)20-6-7-21(31)26-22(20)32/h4-5,12,18,20H,6-11,13-15H2,1-3H3,(H,26,31,32)/t18-,20?/m1/s1. The van der Waals surface area contributed by atoms with Gasteiger partial charge < -0.3 is 19.4 Å². The summed E-state index contributed by atoms with van der Waals surface area (Å²) < 4.78 is 5.57. The Kier molecular flexibility index (Phi) is 5.94. The fourth-order valence-corrected chi connectivity index (χ4v) is 5.44. The molecular formula is C25H33N5O5. The number of anilines is 1. The van der Waals surface area contributed by atoms with Crippen LogP contribution in [0.3, 0.4) is 0 Å². The number of carbonyl (C=O) groups excluding carboxylic acids is 4. The van der Waals surface area contributed by atoms with Crippen LogP contribution in [0.15, 0.2) is 18.2 Å². The van der Waals surface area contributed by atoms with Gasteiger partial charge in [-0.15, -0.1) is 0 Å². The van der Waals surface area contributed by atoms with Gasteiger partial charge in [0.15, 0.2) is 0 Å². The van der Waals surface area contributed by atoms with E-state index in [9.17, 15) is 19.2 Å².